The third-order valence-corrected chi connectivity index (χ3v) is 2.47. The largest absolute Gasteiger partial charge is 0.460 e. The van der Waals surface area contributed by atoms with Crippen LogP contribution in [0.2, 0.25) is 0 Å². The molecule has 1 unspecified atom stereocenters. The average Bonchev–Trinajstić information content (AvgIpc) is 2.14. The van der Waals surface area contributed by atoms with E-state index in [4.69, 9.17) is 4.74 Å². The number of ether oxygens (including phenoxy) is 1. The number of carbonyl (C=O) groups is 1. The minimum Gasteiger partial charge on any atom is -0.460 e. The van der Waals surface area contributed by atoms with Crippen LogP contribution in [-0.4, -0.2) is 17.7 Å². The monoisotopic (exact) mass is 160 g/mol. The molecule has 0 aromatic rings. The van der Waals surface area contributed by atoms with Gasteiger partial charge < -0.3 is 4.74 Å². The Bertz CT molecular complexity index is 177. The van der Waals surface area contributed by atoms with Crippen LogP contribution in [0.3, 0.4) is 0 Å². The molecule has 1 saturated heterocycles. The Hall–Kier alpha value is -0.600. The van der Waals surface area contributed by atoms with Crippen LogP contribution in [0.25, 0.3) is 0 Å². The lowest BCUT2D eigenvalue weighted by Crippen LogP contribution is -2.31. The Kier molecular flexibility index (Phi) is 1.90. The van der Waals surface area contributed by atoms with Gasteiger partial charge >= 0.3 is 5.97 Å². The molecular weight excluding hydrogens is 147 g/mol. The number of alkyl halides is 1. The van der Waals surface area contributed by atoms with Gasteiger partial charge in [0.15, 0.2) is 0 Å². The van der Waals surface area contributed by atoms with Crippen LogP contribution >= 0.6 is 0 Å². The molecule has 1 rings (SSSR count). The predicted molar refractivity (Wildman–Crippen MR) is 38.8 cm³/mol. The summed E-state index contributed by atoms with van der Waals surface area (Å²) in [6, 6.07) is 0. The topological polar surface area (TPSA) is 26.3 Å². The normalized spacial score (nSPS) is 44.2. The Morgan fingerprint density at radius 3 is 2.45 bits per heavy atom. The van der Waals surface area contributed by atoms with Gasteiger partial charge in [0.25, 0.3) is 0 Å². The van der Waals surface area contributed by atoms with E-state index in [2.05, 4.69) is 0 Å². The number of carbonyl (C=O) groups excluding carboxylic acids is 1. The van der Waals surface area contributed by atoms with Crippen LogP contribution in [0.15, 0.2) is 0 Å². The quantitative estimate of drug-likeness (QED) is 0.545. The Labute approximate surface area is 65.7 Å². The van der Waals surface area contributed by atoms with Gasteiger partial charge in [-0.2, -0.15) is 0 Å². The lowest BCUT2D eigenvalue weighted by molar-refractivity contribution is -0.149. The molecule has 0 spiro atoms. The van der Waals surface area contributed by atoms with Crippen LogP contribution < -0.4 is 0 Å². The van der Waals surface area contributed by atoms with E-state index in [9.17, 15) is 9.18 Å². The third kappa shape index (κ3) is 1.12. The first-order valence-corrected chi connectivity index (χ1v) is 3.90. The fourth-order valence-corrected chi connectivity index (χ4v) is 1.33. The molecule has 0 aromatic carbocycles. The Morgan fingerprint density at radius 2 is 2.27 bits per heavy atom. The summed E-state index contributed by atoms with van der Waals surface area (Å²) < 4.78 is 18.2. The number of rotatable bonds is 1. The highest BCUT2D eigenvalue weighted by molar-refractivity contribution is 5.81. The summed E-state index contributed by atoms with van der Waals surface area (Å²) >= 11 is 0. The van der Waals surface area contributed by atoms with E-state index in [1.165, 1.54) is 6.92 Å². The molecule has 0 N–H and O–H groups in total. The van der Waals surface area contributed by atoms with Gasteiger partial charge in [-0.15, -0.1) is 0 Å². The summed E-state index contributed by atoms with van der Waals surface area (Å²) in [5.74, 6) is -1.03. The van der Waals surface area contributed by atoms with Gasteiger partial charge in [0.1, 0.15) is 6.10 Å². The third-order valence-electron chi connectivity index (χ3n) is 2.47. The van der Waals surface area contributed by atoms with Gasteiger partial charge in [0.05, 0.1) is 0 Å². The van der Waals surface area contributed by atoms with Crippen LogP contribution in [0.1, 0.15) is 27.2 Å². The minimum absolute atomic E-state index is 0.238. The summed E-state index contributed by atoms with van der Waals surface area (Å²) in [7, 11) is 0. The molecule has 1 aliphatic heterocycles. The first-order valence-electron chi connectivity index (χ1n) is 3.90. The van der Waals surface area contributed by atoms with Gasteiger partial charge in [-0.05, 0) is 13.3 Å². The molecule has 0 amide bonds. The molecule has 0 aliphatic carbocycles. The van der Waals surface area contributed by atoms with E-state index >= 15 is 0 Å². The van der Waals surface area contributed by atoms with Gasteiger partial charge in [0.2, 0.25) is 5.67 Å². The van der Waals surface area contributed by atoms with Crippen LogP contribution in [0.4, 0.5) is 4.39 Å². The maximum absolute atomic E-state index is 13.4. The zero-order valence-electron chi connectivity index (χ0n) is 7.06. The first-order chi connectivity index (χ1) is 5.00. The summed E-state index contributed by atoms with van der Waals surface area (Å²) in [4.78, 5) is 10.9. The molecule has 0 bridgehead atoms. The molecule has 64 valence electrons. The molecule has 1 fully saturated rings. The Balaban J connectivity index is 2.80. The summed E-state index contributed by atoms with van der Waals surface area (Å²) in [5, 5.41) is 0. The molecule has 0 aromatic heterocycles. The maximum atomic E-state index is 13.4. The van der Waals surface area contributed by atoms with Crippen molar-refractivity contribution >= 4 is 5.97 Å². The number of esters is 1. The van der Waals surface area contributed by atoms with Crippen molar-refractivity contribution in [3.8, 4) is 0 Å². The number of cyclic esters (lactones) is 1. The molecule has 1 aliphatic rings. The molecule has 3 heteroatoms. The number of hydrogen-bond acceptors (Lipinski definition) is 2. The lowest BCUT2D eigenvalue weighted by atomic mass is 9.90. The minimum atomic E-state index is -1.78. The molecule has 1 heterocycles. The van der Waals surface area contributed by atoms with Crippen LogP contribution in [-0.2, 0) is 9.53 Å². The summed E-state index contributed by atoms with van der Waals surface area (Å²) in [5.41, 5.74) is -1.78. The molecule has 2 nitrogen and oxygen atoms in total. The smallest absolute Gasteiger partial charge is 0.344 e. The SMILES string of the molecule is CC[C@H]1OC(=O)[C@](C)(F)C1C. The second-order valence-corrected chi connectivity index (χ2v) is 3.22. The van der Waals surface area contributed by atoms with E-state index in [1.807, 2.05) is 6.92 Å². The zero-order chi connectivity index (χ0) is 8.65. The molecule has 0 radical (unpaired) electrons. The van der Waals surface area contributed by atoms with Crippen molar-refractivity contribution in [2.24, 2.45) is 5.92 Å². The second-order valence-electron chi connectivity index (χ2n) is 3.22. The first kappa shape index (κ1) is 8.50. The van der Waals surface area contributed by atoms with E-state index in [0.29, 0.717) is 6.42 Å². The average molecular weight is 160 g/mol. The molecular formula is C8H13FO2. The molecule has 11 heavy (non-hydrogen) atoms. The van der Waals surface area contributed by atoms with Crippen molar-refractivity contribution in [3.63, 3.8) is 0 Å². The van der Waals surface area contributed by atoms with E-state index in [-0.39, 0.29) is 12.0 Å². The van der Waals surface area contributed by atoms with Crippen molar-refractivity contribution in [2.45, 2.75) is 39.0 Å². The lowest BCUT2D eigenvalue weighted by Gasteiger charge is -2.15. The van der Waals surface area contributed by atoms with Crippen LogP contribution in [0, 0.1) is 5.92 Å². The van der Waals surface area contributed by atoms with Gasteiger partial charge in [-0.3, -0.25) is 0 Å². The highest BCUT2D eigenvalue weighted by Gasteiger charge is 2.51. The number of halogens is 1. The second kappa shape index (κ2) is 2.47. The van der Waals surface area contributed by atoms with Crippen molar-refractivity contribution in [2.75, 3.05) is 0 Å². The highest BCUT2D eigenvalue weighted by Crippen LogP contribution is 2.36. The molecule has 0 saturated carbocycles. The van der Waals surface area contributed by atoms with E-state index in [0.717, 1.165) is 0 Å². The Morgan fingerprint density at radius 1 is 1.73 bits per heavy atom. The van der Waals surface area contributed by atoms with Crippen molar-refractivity contribution in [3.05, 3.63) is 0 Å². The predicted octanol–water partition coefficient (Wildman–Crippen LogP) is 1.69. The maximum Gasteiger partial charge on any atom is 0.344 e. The fourth-order valence-electron chi connectivity index (χ4n) is 1.33. The van der Waals surface area contributed by atoms with Crippen molar-refractivity contribution < 1.29 is 13.9 Å². The fraction of sp³-hybridized carbons (Fsp3) is 0.875. The van der Waals surface area contributed by atoms with E-state index < -0.39 is 11.6 Å². The number of hydrogen-bond donors (Lipinski definition) is 0. The van der Waals surface area contributed by atoms with Crippen molar-refractivity contribution in [1.29, 1.82) is 0 Å². The van der Waals surface area contributed by atoms with Crippen LogP contribution in [0.5, 0.6) is 0 Å². The van der Waals surface area contributed by atoms with Crippen molar-refractivity contribution in [1.82, 2.24) is 0 Å². The van der Waals surface area contributed by atoms with Gasteiger partial charge in [-0.25, -0.2) is 9.18 Å². The zero-order valence-corrected chi connectivity index (χ0v) is 7.06. The standard InChI is InChI=1S/C8H13FO2/c1-4-6-5(2)8(3,9)7(10)11-6/h5-6H,4H2,1-3H3/t5?,6-,8-/m1/s1. The summed E-state index contributed by atoms with van der Waals surface area (Å²) in [6.07, 6.45) is 0.448. The van der Waals surface area contributed by atoms with E-state index in [1.54, 1.807) is 6.92 Å². The summed E-state index contributed by atoms with van der Waals surface area (Å²) in [6.45, 7) is 4.88. The van der Waals surface area contributed by atoms with Gasteiger partial charge in [0, 0.05) is 5.92 Å². The highest BCUT2D eigenvalue weighted by atomic mass is 19.1. The molecule has 3 atom stereocenters. The van der Waals surface area contributed by atoms with Gasteiger partial charge in [-0.1, -0.05) is 13.8 Å².